The molecular weight excluding hydrogens is 254 g/mol. The topological polar surface area (TPSA) is 66.4 Å². The molecule has 2 aliphatic carbocycles. The quantitative estimate of drug-likeness (QED) is 0.786. The van der Waals surface area contributed by atoms with E-state index in [9.17, 15) is 9.59 Å². The molecule has 2 fully saturated rings. The van der Waals surface area contributed by atoms with Crippen molar-refractivity contribution in [2.75, 3.05) is 0 Å². The van der Waals surface area contributed by atoms with Gasteiger partial charge in [-0.15, -0.1) is 0 Å². The summed E-state index contributed by atoms with van der Waals surface area (Å²) in [5, 5.41) is 12.2. The van der Waals surface area contributed by atoms with Crippen molar-refractivity contribution in [1.29, 1.82) is 0 Å². The molecular formula is C16H27NO3. The summed E-state index contributed by atoms with van der Waals surface area (Å²) in [6.07, 6.45) is 9.09. The maximum atomic E-state index is 12.3. The first-order valence-corrected chi connectivity index (χ1v) is 8.15. The van der Waals surface area contributed by atoms with Crippen LogP contribution >= 0.6 is 0 Å². The Balaban J connectivity index is 1.80. The molecule has 0 heterocycles. The van der Waals surface area contributed by atoms with Crippen LogP contribution < -0.4 is 5.32 Å². The molecule has 0 bridgehead atoms. The third kappa shape index (κ3) is 3.74. The number of amides is 1. The summed E-state index contributed by atoms with van der Waals surface area (Å²) in [7, 11) is 0. The van der Waals surface area contributed by atoms with Gasteiger partial charge in [-0.3, -0.25) is 9.59 Å². The molecule has 2 N–H and O–H groups in total. The molecule has 0 radical (unpaired) electrons. The first-order valence-electron chi connectivity index (χ1n) is 8.15. The number of hydrogen-bond donors (Lipinski definition) is 2. The van der Waals surface area contributed by atoms with Crippen LogP contribution in [0.1, 0.15) is 64.7 Å². The SMILES string of the molecule is CCCCC1CCCC1NC(=O)[C@@H]1CC[C@H](C(=O)O)C1. The molecule has 0 aromatic rings. The molecule has 2 saturated carbocycles. The molecule has 2 aliphatic rings. The fourth-order valence-corrected chi connectivity index (χ4v) is 3.78. The van der Waals surface area contributed by atoms with E-state index in [0.717, 1.165) is 12.8 Å². The van der Waals surface area contributed by atoms with Crippen LogP contribution in [-0.4, -0.2) is 23.0 Å². The van der Waals surface area contributed by atoms with Crippen LogP contribution in [-0.2, 0) is 9.59 Å². The van der Waals surface area contributed by atoms with Crippen molar-refractivity contribution in [2.45, 2.75) is 70.8 Å². The van der Waals surface area contributed by atoms with Gasteiger partial charge >= 0.3 is 5.97 Å². The molecule has 1 amide bonds. The number of rotatable bonds is 6. The van der Waals surface area contributed by atoms with Gasteiger partial charge in [0, 0.05) is 12.0 Å². The Morgan fingerprint density at radius 2 is 1.90 bits per heavy atom. The van der Waals surface area contributed by atoms with Crippen LogP contribution in [0.4, 0.5) is 0 Å². The summed E-state index contributed by atoms with van der Waals surface area (Å²) in [4.78, 5) is 23.2. The van der Waals surface area contributed by atoms with Crippen molar-refractivity contribution in [2.24, 2.45) is 17.8 Å². The van der Waals surface area contributed by atoms with Crippen LogP contribution in [0, 0.1) is 17.8 Å². The van der Waals surface area contributed by atoms with E-state index in [2.05, 4.69) is 12.2 Å². The first-order chi connectivity index (χ1) is 9.61. The van der Waals surface area contributed by atoms with Gasteiger partial charge in [-0.1, -0.05) is 26.2 Å². The summed E-state index contributed by atoms with van der Waals surface area (Å²) >= 11 is 0. The van der Waals surface area contributed by atoms with E-state index in [1.54, 1.807) is 0 Å². The van der Waals surface area contributed by atoms with E-state index in [1.165, 1.54) is 32.1 Å². The fourth-order valence-electron chi connectivity index (χ4n) is 3.78. The Morgan fingerprint density at radius 1 is 1.15 bits per heavy atom. The number of carbonyl (C=O) groups is 2. The lowest BCUT2D eigenvalue weighted by Gasteiger charge is -2.22. The van der Waals surface area contributed by atoms with E-state index in [0.29, 0.717) is 24.8 Å². The standard InChI is InChI=1S/C16H27NO3/c1-2-3-5-11-6-4-7-14(11)17-15(18)12-8-9-13(10-12)16(19)20/h11-14H,2-10H2,1H3,(H,17,18)(H,19,20)/t11?,12-,13+,14?/m1/s1. The lowest BCUT2D eigenvalue weighted by Crippen LogP contribution is -2.40. The monoisotopic (exact) mass is 281 g/mol. The van der Waals surface area contributed by atoms with Crippen molar-refractivity contribution in [3.05, 3.63) is 0 Å². The predicted octanol–water partition coefficient (Wildman–Crippen LogP) is 2.96. The first kappa shape index (κ1) is 15.3. The van der Waals surface area contributed by atoms with Gasteiger partial charge < -0.3 is 10.4 Å². The van der Waals surface area contributed by atoms with Crippen molar-refractivity contribution in [3.63, 3.8) is 0 Å². The van der Waals surface area contributed by atoms with Crippen LogP contribution in [0.3, 0.4) is 0 Å². The summed E-state index contributed by atoms with van der Waals surface area (Å²) in [6.45, 7) is 2.20. The number of carboxylic acid groups (broad SMARTS) is 1. The lowest BCUT2D eigenvalue weighted by atomic mass is 9.96. The maximum absolute atomic E-state index is 12.3. The van der Waals surface area contributed by atoms with E-state index >= 15 is 0 Å². The van der Waals surface area contributed by atoms with Gasteiger partial charge in [-0.2, -0.15) is 0 Å². The van der Waals surface area contributed by atoms with Crippen molar-refractivity contribution >= 4 is 11.9 Å². The molecule has 4 heteroatoms. The minimum Gasteiger partial charge on any atom is -0.481 e. The molecule has 20 heavy (non-hydrogen) atoms. The van der Waals surface area contributed by atoms with Crippen LogP contribution in [0.25, 0.3) is 0 Å². The summed E-state index contributed by atoms with van der Waals surface area (Å²) in [6, 6.07) is 0.331. The molecule has 2 unspecified atom stereocenters. The van der Waals surface area contributed by atoms with Gasteiger partial charge in [0.15, 0.2) is 0 Å². The molecule has 0 spiro atoms. The van der Waals surface area contributed by atoms with Gasteiger partial charge in [0.05, 0.1) is 5.92 Å². The van der Waals surface area contributed by atoms with Gasteiger partial charge in [0.2, 0.25) is 5.91 Å². The highest BCUT2D eigenvalue weighted by Crippen LogP contribution is 2.33. The van der Waals surface area contributed by atoms with E-state index in [-0.39, 0.29) is 17.7 Å². The molecule has 114 valence electrons. The molecule has 0 aromatic heterocycles. The van der Waals surface area contributed by atoms with Crippen molar-refractivity contribution in [3.8, 4) is 0 Å². The van der Waals surface area contributed by atoms with Gasteiger partial charge in [0.25, 0.3) is 0 Å². The highest BCUT2D eigenvalue weighted by atomic mass is 16.4. The molecule has 4 atom stereocenters. The number of aliphatic carboxylic acids is 1. The highest BCUT2D eigenvalue weighted by molar-refractivity contribution is 5.81. The van der Waals surface area contributed by atoms with E-state index < -0.39 is 5.97 Å². The molecule has 4 nitrogen and oxygen atoms in total. The minimum atomic E-state index is -0.748. The van der Waals surface area contributed by atoms with E-state index in [1.807, 2.05) is 0 Å². The minimum absolute atomic E-state index is 0.0801. The summed E-state index contributed by atoms with van der Waals surface area (Å²) < 4.78 is 0. The smallest absolute Gasteiger partial charge is 0.306 e. The van der Waals surface area contributed by atoms with Crippen molar-refractivity contribution < 1.29 is 14.7 Å². The number of carbonyl (C=O) groups excluding carboxylic acids is 1. The fraction of sp³-hybridized carbons (Fsp3) is 0.875. The van der Waals surface area contributed by atoms with Gasteiger partial charge in [0.1, 0.15) is 0 Å². The highest BCUT2D eigenvalue weighted by Gasteiger charge is 2.36. The molecule has 0 aromatic carbocycles. The summed E-state index contributed by atoms with van der Waals surface area (Å²) in [5.41, 5.74) is 0. The average Bonchev–Trinajstić information content (AvgIpc) is 3.05. The number of unbranched alkanes of at least 4 members (excludes halogenated alkanes) is 1. The Morgan fingerprint density at radius 3 is 2.55 bits per heavy atom. The molecule has 0 aliphatic heterocycles. The molecule has 0 saturated heterocycles. The van der Waals surface area contributed by atoms with Crippen LogP contribution in [0.2, 0.25) is 0 Å². The number of carboxylic acids is 1. The van der Waals surface area contributed by atoms with Crippen molar-refractivity contribution in [1.82, 2.24) is 5.32 Å². The third-order valence-corrected chi connectivity index (χ3v) is 5.07. The summed E-state index contributed by atoms with van der Waals surface area (Å²) in [5.74, 6) is -0.409. The second kappa shape index (κ2) is 7.09. The Bertz CT molecular complexity index is 356. The normalized spacial score (nSPS) is 33.2. The predicted molar refractivity (Wildman–Crippen MR) is 77.3 cm³/mol. The maximum Gasteiger partial charge on any atom is 0.306 e. The third-order valence-electron chi connectivity index (χ3n) is 5.07. The molecule has 2 rings (SSSR count). The zero-order chi connectivity index (χ0) is 14.5. The lowest BCUT2D eigenvalue weighted by molar-refractivity contribution is -0.141. The van der Waals surface area contributed by atoms with Gasteiger partial charge in [-0.25, -0.2) is 0 Å². The van der Waals surface area contributed by atoms with E-state index in [4.69, 9.17) is 5.11 Å². The van der Waals surface area contributed by atoms with Crippen LogP contribution in [0.5, 0.6) is 0 Å². The Kier molecular flexibility index (Phi) is 5.44. The van der Waals surface area contributed by atoms with Crippen LogP contribution in [0.15, 0.2) is 0 Å². The number of hydrogen-bond acceptors (Lipinski definition) is 2. The zero-order valence-electron chi connectivity index (χ0n) is 12.4. The average molecular weight is 281 g/mol. The zero-order valence-corrected chi connectivity index (χ0v) is 12.4. The van der Waals surface area contributed by atoms with Gasteiger partial charge in [-0.05, 0) is 44.4 Å². The Labute approximate surface area is 121 Å². The second-order valence-corrected chi connectivity index (χ2v) is 6.49. The Hall–Kier alpha value is -1.06. The number of nitrogens with one attached hydrogen (secondary N) is 1. The largest absolute Gasteiger partial charge is 0.481 e. The second-order valence-electron chi connectivity index (χ2n) is 6.49.